The first-order chi connectivity index (χ1) is 7.41. The second-order valence-corrected chi connectivity index (χ2v) is 7.44. The van der Waals surface area contributed by atoms with E-state index in [1.165, 1.54) is 49.4 Å². The van der Waals surface area contributed by atoms with Crippen molar-refractivity contribution in [2.45, 2.75) is 63.2 Å². The van der Waals surface area contributed by atoms with Crippen molar-refractivity contribution in [3.05, 3.63) is 22.3 Å². The molecular weight excluding hydrogens is 287 g/mol. The molecule has 1 heteroatoms. The van der Waals surface area contributed by atoms with E-state index in [1.807, 2.05) is 0 Å². The predicted molar refractivity (Wildman–Crippen MR) is 72.5 cm³/mol. The number of allylic oxidation sites excluding steroid dienone is 3. The molecule has 0 aliphatic carbocycles. The molecule has 0 bridgehead atoms. The molecule has 0 aromatic rings. The van der Waals surface area contributed by atoms with Crippen molar-refractivity contribution in [3.63, 3.8) is 0 Å². The standard InChI is InChI=1S/C10H17.C4H9.Sn/c1-3-5-7-9-10-8-6-4-2;1-3-4-2;/h1,3,9-10H,4-8H2,2H3;1,3-4H2,2H3;. The van der Waals surface area contributed by atoms with Crippen LogP contribution in [0.3, 0.4) is 0 Å². The molecule has 0 amide bonds. The molecule has 2 radical (unpaired) electrons. The van der Waals surface area contributed by atoms with Crippen LogP contribution in [0.15, 0.2) is 22.3 Å². The van der Waals surface area contributed by atoms with Crippen molar-refractivity contribution in [2.24, 2.45) is 0 Å². The molecule has 0 atom stereocenters. The van der Waals surface area contributed by atoms with Gasteiger partial charge in [0.1, 0.15) is 0 Å². The zero-order chi connectivity index (χ0) is 11.2. The summed E-state index contributed by atoms with van der Waals surface area (Å²) in [6, 6.07) is 0. The fraction of sp³-hybridized carbons (Fsp3) is 0.714. The van der Waals surface area contributed by atoms with Crippen LogP contribution in [-0.4, -0.2) is 21.1 Å². The van der Waals surface area contributed by atoms with Gasteiger partial charge in [0.25, 0.3) is 0 Å². The van der Waals surface area contributed by atoms with Crippen molar-refractivity contribution >= 4 is 21.1 Å². The van der Waals surface area contributed by atoms with Gasteiger partial charge in [-0.25, -0.2) is 0 Å². The van der Waals surface area contributed by atoms with Gasteiger partial charge in [0.05, 0.1) is 0 Å². The van der Waals surface area contributed by atoms with Crippen LogP contribution in [0, 0.1) is 0 Å². The summed E-state index contributed by atoms with van der Waals surface area (Å²) in [6.07, 6.45) is 16.3. The summed E-state index contributed by atoms with van der Waals surface area (Å²) in [6.45, 7) is 4.53. The van der Waals surface area contributed by atoms with Crippen molar-refractivity contribution in [2.75, 3.05) is 0 Å². The van der Waals surface area contributed by atoms with Crippen LogP contribution in [0.1, 0.15) is 58.8 Å². The molecule has 0 unspecified atom stereocenters. The summed E-state index contributed by atoms with van der Waals surface area (Å²) in [4.78, 5) is 0. The number of unbranched alkanes of at least 4 members (excludes halogenated alkanes) is 4. The molecule has 0 aromatic heterocycles. The van der Waals surface area contributed by atoms with E-state index in [2.05, 4.69) is 36.2 Å². The van der Waals surface area contributed by atoms with E-state index >= 15 is 0 Å². The third kappa shape index (κ3) is 14.3. The van der Waals surface area contributed by atoms with E-state index in [-0.39, 0.29) is 21.1 Å². The third-order valence-corrected chi connectivity index (χ3v) is 5.48. The Hall–Kier alpha value is 0.279. The Morgan fingerprint density at radius 2 is 1.47 bits per heavy atom. The van der Waals surface area contributed by atoms with Crippen LogP contribution in [0.2, 0.25) is 4.44 Å². The number of rotatable bonds is 10. The maximum atomic E-state index is 2.51. The van der Waals surface area contributed by atoms with Gasteiger partial charge < -0.3 is 0 Å². The van der Waals surface area contributed by atoms with Gasteiger partial charge in [-0.1, -0.05) is 0 Å². The van der Waals surface area contributed by atoms with Crippen molar-refractivity contribution in [3.8, 4) is 0 Å². The fourth-order valence-corrected chi connectivity index (χ4v) is 4.30. The molecule has 0 nitrogen and oxygen atoms in total. The van der Waals surface area contributed by atoms with Crippen LogP contribution in [0.25, 0.3) is 0 Å². The van der Waals surface area contributed by atoms with Gasteiger partial charge in [-0.05, 0) is 0 Å². The summed E-state index contributed by atoms with van der Waals surface area (Å²) < 4.78 is 4.04. The molecule has 0 aliphatic rings. The van der Waals surface area contributed by atoms with Crippen molar-refractivity contribution in [1.82, 2.24) is 0 Å². The van der Waals surface area contributed by atoms with E-state index in [1.54, 1.807) is 0 Å². The normalized spacial score (nSPS) is 11.9. The molecule has 0 saturated heterocycles. The van der Waals surface area contributed by atoms with E-state index in [9.17, 15) is 0 Å². The Balaban J connectivity index is 3.12. The molecule has 0 N–H and O–H groups in total. The molecule has 0 rings (SSSR count). The van der Waals surface area contributed by atoms with E-state index in [0.29, 0.717) is 0 Å². The van der Waals surface area contributed by atoms with Gasteiger partial charge in [0, 0.05) is 0 Å². The fourth-order valence-electron chi connectivity index (χ4n) is 1.28. The molecule has 0 heterocycles. The first-order valence-electron chi connectivity index (χ1n) is 6.45. The monoisotopic (exact) mass is 314 g/mol. The average molecular weight is 313 g/mol. The molecule has 0 fully saturated rings. The van der Waals surface area contributed by atoms with E-state index in [4.69, 9.17) is 0 Å². The second-order valence-electron chi connectivity index (χ2n) is 3.90. The Morgan fingerprint density at radius 1 is 0.800 bits per heavy atom. The number of hydrogen-bond donors (Lipinski definition) is 0. The van der Waals surface area contributed by atoms with Gasteiger partial charge in [-0.2, -0.15) is 0 Å². The van der Waals surface area contributed by atoms with E-state index in [0.717, 1.165) is 0 Å². The molecule has 86 valence electrons. The van der Waals surface area contributed by atoms with Gasteiger partial charge >= 0.3 is 107 Å². The quantitative estimate of drug-likeness (QED) is 0.304. The average Bonchev–Trinajstić information content (AvgIpc) is 2.26. The second kappa shape index (κ2) is 14.3. The maximum absolute atomic E-state index is 2.51. The minimum atomic E-state index is -0.103. The zero-order valence-electron chi connectivity index (χ0n) is 10.5. The molecule has 0 saturated carbocycles. The summed E-state index contributed by atoms with van der Waals surface area (Å²) in [7, 11) is 0. The molecular formula is C14H26Sn. The van der Waals surface area contributed by atoms with Gasteiger partial charge in [-0.15, -0.1) is 0 Å². The van der Waals surface area contributed by atoms with Gasteiger partial charge in [0.2, 0.25) is 0 Å². The zero-order valence-corrected chi connectivity index (χ0v) is 13.3. The van der Waals surface area contributed by atoms with Crippen LogP contribution in [-0.2, 0) is 0 Å². The predicted octanol–water partition coefficient (Wildman–Crippen LogP) is 4.95. The van der Waals surface area contributed by atoms with Crippen LogP contribution in [0.5, 0.6) is 0 Å². The molecule has 0 aliphatic heterocycles. The molecule has 0 spiro atoms. The molecule has 15 heavy (non-hydrogen) atoms. The first kappa shape index (κ1) is 15.3. The third-order valence-electron chi connectivity index (χ3n) is 2.30. The Kier molecular flexibility index (Phi) is 14.5. The first-order valence-corrected chi connectivity index (χ1v) is 10.1. The molecule has 0 aromatic carbocycles. The van der Waals surface area contributed by atoms with Crippen molar-refractivity contribution in [1.29, 1.82) is 0 Å². The Labute approximate surface area is 106 Å². The van der Waals surface area contributed by atoms with Gasteiger partial charge in [0.15, 0.2) is 0 Å². The SMILES string of the molecule is CCCCC=CCC/C=[CH]/[Sn][CH2]CCC. The topological polar surface area (TPSA) is 0 Å². The minimum absolute atomic E-state index is 0.103. The van der Waals surface area contributed by atoms with Crippen LogP contribution < -0.4 is 0 Å². The summed E-state index contributed by atoms with van der Waals surface area (Å²) in [5.41, 5.74) is 0. The Bertz CT molecular complexity index is 159. The summed E-state index contributed by atoms with van der Waals surface area (Å²) >= 11 is -0.103. The van der Waals surface area contributed by atoms with Crippen molar-refractivity contribution < 1.29 is 0 Å². The van der Waals surface area contributed by atoms with Crippen LogP contribution >= 0.6 is 0 Å². The van der Waals surface area contributed by atoms with Gasteiger partial charge in [-0.3, -0.25) is 0 Å². The Morgan fingerprint density at radius 3 is 2.20 bits per heavy atom. The van der Waals surface area contributed by atoms with Crippen LogP contribution in [0.4, 0.5) is 0 Å². The summed E-state index contributed by atoms with van der Waals surface area (Å²) in [5.74, 6) is 0. The van der Waals surface area contributed by atoms with E-state index < -0.39 is 0 Å². The summed E-state index contributed by atoms with van der Waals surface area (Å²) in [5, 5.41) is 0. The number of hydrogen-bond acceptors (Lipinski definition) is 0.